The molecule has 0 bridgehead atoms. The summed E-state index contributed by atoms with van der Waals surface area (Å²) in [5.41, 5.74) is -1.65. The highest BCUT2D eigenvalue weighted by atomic mass is 19.2. The van der Waals surface area contributed by atoms with E-state index in [0.717, 1.165) is 0 Å². The van der Waals surface area contributed by atoms with Gasteiger partial charge in [-0.05, 0) is 0 Å². The second-order valence-corrected chi connectivity index (χ2v) is 3.16. The fourth-order valence-corrected chi connectivity index (χ4v) is 1.09. The molecule has 0 fully saturated rings. The first-order valence-corrected chi connectivity index (χ1v) is 4.71. The first-order chi connectivity index (χ1) is 8.41. The van der Waals surface area contributed by atoms with Crippen molar-refractivity contribution >= 4 is 5.97 Å². The minimum Gasteiger partial charge on any atom is -0.462 e. The molecule has 0 saturated carbocycles. The summed E-state index contributed by atoms with van der Waals surface area (Å²) >= 11 is 0. The Morgan fingerprint density at radius 3 is 1.83 bits per heavy atom. The van der Waals surface area contributed by atoms with Crippen molar-refractivity contribution in [2.75, 3.05) is 13.2 Å². The molecule has 18 heavy (non-hydrogen) atoms. The van der Waals surface area contributed by atoms with E-state index in [0.29, 0.717) is 0 Å². The summed E-state index contributed by atoms with van der Waals surface area (Å²) in [5, 5.41) is 8.37. The molecule has 0 saturated heterocycles. The highest BCUT2D eigenvalue weighted by Crippen LogP contribution is 2.23. The van der Waals surface area contributed by atoms with Crippen LogP contribution in [0.15, 0.2) is 0 Å². The van der Waals surface area contributed by atoms with Gasteiger partial charge in [0.2, 0.25) is 5.82 Å². The van der Waals surface area contributed by atoms with Crippen LogP contribution in [-0.2, 0) is 4.74 Å². The van der Waals surface area contributed by atoms with Crippen molar-refractivity contribution in [3.63, 3.8) is 0 Å². The van der Waals surface area contributed by atoms with Crippen molar-refractivity contribution < 1.29 is 36.6 Å². The lowest BCUT2D eigenvalue weighted by Gasteiger charge is -2.07. The molecule has 0 heterocycles. The Morgan fingerprint density at radius 2 is 1.39 bits per heavy atom. The third kappa shape index (κ3) is 2.58. The van der Waals surface area contributed by atoms with Crippen LogP contribution < -0.4 is 0 Å². The highest BCUT2D eigenvalue weighted by Gasteiger charge is 2.30. The summed E-state index contributed by atoms with van der Waals surface area (Å²) in [7, 11) is 0. The molecule has 0 aliphatic carbocycles. The number of hydrogen-bond acceptors (Lipinski definition) is 3. The van der Waals surface area contributed by atoms with Gasteiger partial charge in [0, 0.05) is 13.0 Å². The van der Waals surface area contributed by atoms with Crippen molar-refractivity contribution in [3.8, 4) is 0 Å². The van der Waals surface area contributed by atoms with Crippen molar-refractivity contribution in [1.82, 2.24) is 0 Å². The molecule has 1 aromatic rings. The molecule has 0 amide bonds. The van der Waals surface area contributed by atoms with Crippen molar-refractivity contribution in [2.45, 2.75) is 6.42 Å². The minimum atomic E-state index is -2.35. The van der Waals surface area contributed by atoms with E-state index in [1.807, 2.05) is 0 Å². The van der Waals surface area contributed by atoms with E-state index < -0.39 is 47.2 Å². The fraction of sp³-hybridized carbons (Fsp3) is 0.300. The van der Waals surface area contributed by atoms with E-state index in [4.69, 9.17) is 5.11 Å². The lowest BCUT2D eigenvalue weighted by molar-refractivity contribution is 0.0467. The van der Waals surface area contributed by atoms with E-state index in [1.165, 1.54) is 0 Å². The molecule has 1 rings (SSSR count). The van der Waals surface area contributed by atoms with Gasteiger partial charge in [-0.1, -0.05) is 0 Å². The molecule has 0 aliphatic rings. The molecular weight excluding hydrogens is 263 g/mol. The smallest absolute Gasteiger partial charge is 0.344 e. The second-order valence-electron chi connectivity index (χ2n) is 3.16. The number of hydrogen-bond donors (Lipinski definition) is 1. The molecule has 1 N–H and O–H groups in total. The molecule has 0 spiro atoms. The fourth-order valence-electron chi connectivity index (χ4n) is 1.09. The molecule has 0 aromatic heterocycles. The predicted molar refractivity (Wildman–Crippen MR) is 48.2 cm³/mol. The molecule has 0 radical (unpaired) electrons. The van der Waals surface area contributed by atoms with E-state index in [-0.39, 0.29) is 13.0 Å². The summed E-state index contributed by atoms with van der Waals surface area (Å²) in [6, 6.07) is 0. The van der Waals surface area contributed by atoms with E-state index in [9.17, 15) is 26.7 Å². The van der Waals surface area contributed by atoms with E-state index in [1.54, 1.807) is 0 Å². The van der Waals surface area contributed by atoms with Crippen LogP contribution in [0.3, 0.4) is 0 Å². The topological polar surface area (TPSA) is 46.5 Å². The number of benzene rings is 1. The first-order valence-electron chi connectivity index (χ1n) is 4.71. The third-order valence-electron chi connectivity index (χ3n) is 1.95. The lowest BCUT2D eigenvalue weighted by atomic mass is 10.1. The van der Waals surface area contributed by atoms with Gasteiger partial charge in [-0.3, -0.25) is 0 Å². The summed E-state index contributed by atoms with van der Waals surface area (Å²) in [4.78, 5) is 11.1. The lowest BCUT2D eigenvalue weighted by Crippen LogP contribution is -2.16. The van der Waals surface area contributed by atoms with Crippen molar-refractivity contribution in [1.29, 1.82) is 0 Å². The van der Waals surface area contributed by atoms with Crippen LogP contribution in [0.25, 0.3) is 0 Å². The second kappa shape index (κ2) is 5.76. The van der Waals surface area contributed by atoms with Gasteiger partial charge in [-0.15, -0.1) is 0 Å². The maximum absolute atomic E-state index is 13.1. The average molecular weight is 270 g/mol. The van der Waals surface area contributed by atoms with E-state index >= 15 is 0 Å². The molecule has 0 atom stereocenters. The molecular formula is C10H7F5O3. The van der Waals surface area contributed by atoms with Crippen LogP contribution in [0.1, 0.15) is 16.8 Å². The highest BCUT2D eigenvalue weighted by molar-refractivity contribution is 5.90. The number of ether oxygens (including phenoxy) is 1. The van der Waals surface area contributed by atoms with Crippen LogP contribution in [0, 0.1) is 29.1 Å². The van der Waals surface area contributed by atoms with Crippen LogP contribution in [0.4, 0.5) is 22.0 Å². The molecule has 0 unspecified atom stereocenters. The Balaban J connectivity index is 3.13. The normalized spacial score (nSPS) is 10.6. The van der Waals surface area contributed by atoms with Crippen LogP contribution >= 0.6 is 0 Å². The Labute approximate surface area is 97.8 Å². The van der Waals surface area contributed by atoms with Crippen LogP contribution in [0.5, 0.6) is 0 Å². The number of halogens is 5. The van der Waals surface area contributed by atoms with Gasteiger partial charge < -0.3 is 9.84 Å². The van der Waals surface area contributed by atoms with Gasteiger partial charge in [0.1, 0.15) is 5.56 Å². The van der Waals surface area contributed by atoms with Gasteiger partial charge >= 0.3 is 5.97 Å². The standard InChI is InChI=1S/C10H7F5O3/c11-5-4(10(17)18-3-1-2-16)6(12)8(14)9(15)7(5)13/h16H,1-3H2. The van der Waals surface area contributed by atoms with Gasteiger partial charge in [0.15, 0.2) is 23.3 Å². The zero-order valence-corrected chi connectivity index (χ0v) is 8.77. The molecule has 8 heteroatoms. The Kier molecular flexibility index (Phi) is 4.60. The van der Waals surface area contributed by atoms with Gasteiger partial charge in [0.05, 0.1) is 6.61 Å². The molecule has 100 valence electrons. The first kappa shape index (κ1) is 14.4. The molecule has 3 nitrogen and oxygen atoms in total. The SMILES string of the molecule is O=C(OCCCO)c1c(F)c(F)c(F)c(F)c1F. The summed E-state index contributed by atoms with van der Waals surface area (Å²) < 4.78 is 68.6. The van der Waals surface area contributed by atoms with Crippen LogP contribution in [0.2, 0.25) is 0 Å². The number of aliphatic hydroxyl groups is 1. The van der Waals surface area contributed by atoms with Gasteiger partial charge in [0.25, 0.3) is 0 Å². The van der Waals surface area contributed by atoms with E-state index in [2.05, 4.69) is 4.74 Å². The number of esters is 1. The average Bonchev–Trinajstić information content (AvgIpc) is 2.34. The van der Waals surface area contributed by atoms with Crippen molar-refractivity contribution in [2.24, 2.45) is 0 Å². The number of rotatable bonds is 4. The Morgan fingerprint density at radius 1 is 0.944 bits per heavy atom. The third-order valence-corrected chi connectivity index (χ3v) is 1.95. The summed E-state index contributed by atoms with van der Waals surface area (Å²) in [6.07, 6.45) is -0.0266. The summed E-state index contributed by atoms with van der Waals surface area (Å²) in [5.74, 6) is -13.0. The number of aliphatic hydroxyl groups excluding tert-OH is 1. The zero-order chi connectivity index (χ0) is 13.9. The van der Waals surface area contributed by atoms with Gasteiger partial charge in [-0.25, -0.2) is 26.7 Å². The zero-order valence-electron chi connectivity index (χ0n) is 8.77. The molecule has 0 aliphatic heterocycles. The molecule has 1 aromatic carbocycles. The van der Waals surface area contributed by atoms with Gasteiger partial charge in [-0.2, -0.15) is 0 Å². The quantitative estimate of drug-likeness (QED) is 0.299. The Bertz CT molecular complexity index is 446. The summed E-state index contributed by atoms with van der Waals surface area (Å²) in [6.45, 7) is -0.765. The largest absolute Gasteiger partial charge is 0.462 e. The number of carbonyl (C=O) groups is 1. The van der Waals surface area contributed by atoms with Crippen LogP contribution in [-0.4, -0.2) is 24.3 Å². The minimum absolute atomic E-state index is 0.0266. The predicted octanol–water partition coefficient (Wildman–Crippen LogP) is 1.92. The Hall–Kier alpha value is -1.70. The maximum atomic E-state index is 13.1. The van der Waals surface area contributed by atoms with Crippen molar-refractivity contribution in [3.05, 3.63) is 34.6 Å². The monoisotopic (exact) mass is 270 g/mol. The maximum Gasteiger partial charge on any atom is 0.344 e. The number of carbonyl (C=O) groups excluding carboxylic acids is 1.